The summed E-state index contributed by atoms with van der Waals surface area (Å²) in [6.45, 7) is 3.84. The van der Waals surface area contributed by atoms with Crippen LogP contribution in [0.5, 0.6) is 5.75 Å². The summed E-state index contributed by atoms with van der Waals surface area (Å²) in [7, 11) is 0. The third-order valence-electron chi connectivity index (χ3n) is 4.75. The zero-order valence-electron chi connectivity index (χ0n) is 14.5. The molecule has 0 spiro atoms. The van der Waals surface area contributed by atoms with Gasteiger partial charge in [0.1, 0.15) is 5.75 Å². The molecule has 0 unspecified atom stereocenters. The molecule has 1 saturated heterocycles. The first-order valence-electron chi connectivity index (χ1n) is 8.69. The number of likely N-dealkylation sites (N-methyl/N-ethyl adjacent to an activating group) is 1. The Morgan fingerprint density at radius 2 is 2.15 bits per heavy atom. The van der Waals surface area contributed by atoms with Gasteiger partial charge in [-0.2, -0.15) is 0 Å². The van der Waals surface area contributed by atoms with E-state index in [0.29, 0.717) is 31.1 Å². The first-order chi connectivity index (χ1) is 12.7. The Labute approximate surface area is 151 Å². The van der Waals surface area contributed by atoms with Crippen molar-refractivity contribution in [2.75, 3.05) is 36.5 Å². The fourth-order valence-electron chi connectivity index (χ4n) is 3.28. The number of fused-ring (bicyclic) bond motifs is 1. The molecule has 0 saturated carbocycles. The Morgan fingerprint density at radius 3 is 2.88 bits per heavy atom. The summed E-state index contributed by atoms with van der Waals surface area (Å²) in [5.41, 5.74) is 2.41. The van der Waals surface area contributed by atoms with Crippen molar-refractivity contribution in [1.82, 2.24) is 9.88 Å². The summed E-state index contributed by atoms with van der Waals surface area (Å²) in [6, 6.07) is 11.0. The molecule has 2 aromatic rings. The highest BCUT2D eigenvalue weighted by atomic mass is 16.5. The van der Waals surface area contributed by atoms with Gasteiger partial charge in [-0.15, -0.1) is 0 Å². The Hall–Kier alpha value is -3.09. The van der Waals surface area contributed by atoms with Gasteiger partial charge in [-0.05, 0) is 31.2 Å². The first-order valence-corrected chi connectivity index (χ1v) is 8.69. The van der Waals surface area contributed by atoms with Crippen LogP contribution < -0.4 is 15.0 Å². The zero-order valence-corrected chi connectivity index (χ0v) is 14.5. The molecule has 4 rings (SSSR count). The average Bonchev–Trinajstić information content (AvgIpc) is 2.61. The number of aromatic nitrogens is 1. The molecule has 0 atom stereocenters. The SMILES string of the molecule is CCN1C(=O)COc2cc(NC(=O)N3CC(c4ccccn4)C3)ccc21. The maximum atomic E-state index is 12.4. The van der Waals surface area contributed by atoms with Gasteiger partial charge >= 0.3 is 6.03 Å². The highest BCUT2D eigenvalue weighted by Crippen LogP contribution is 2.34. The Morgan fingerprint density at radius 1 is 1.31 bits per heavy atom. The van der Waals surface area contributed by atoms with E-state index in [1.54, 1.807) is 34.2 Å². The maximum Gasteiger partial charge on any atom is 0.321 e. The van der Waals surface area contributed by atoms with Crippen LogP contribution in [0.3, 0.4) is 0 Å². The molecular formula is C19H20N4O3. The number of ether oxygens (including phenoxy) is 1. The molecule has 0 bridgehead atoms. The van der Waals surface area contributed by atoms with Crippen molar-refractivity contribution in [2.24, 2.45) is 0 Å². The van der Waals surface area contributed by atoms with Crippen molar-refractivity contribution < 1.29 is 14.3 Å². The number of carbonyl (C=O) groups is 2. The molecule has 2 aliphatic rings. The number of benzene rings is 1. The van der Waals surface area contributed by atoms with Crippen LogP contribution in [0.25, 0.3) is 0 Å². The molecule has 26 heavy (non-hydrogen) atoms. The highest BCUT2D eigenvalue weighted by Gasteiger charge is 2.32. The molecule has 0 aliphatic carbocycles. The predicted molar refractivity (Wildman–Crippen MR) is 97.5 cm³/mol. The summed E-state index contributed by atoms with van der Waals surface area (Å²) in [5.74, 6) is 0.843. The summed E-state index contributed by atoms with van der Waals surface area (Å²) in [6.07, 6.45) is 1.77. The number of anilines is 2. The lowest BCUT2D eigenvalue weighted by Gasteiger charge is -2.38. The van der Waals surface area contributed by atoms with Gasteiger partial charge in [0.15, 0.2) is 6.61 Å². The van der Waals surface area contributed by atoms with Gasteiger partial charge in [-0.1, -0.05) is 6.07 Å². The van der Waals surface area contributed by atoms with Crippen molar-refractivity contribution in [2.45, 2.75) is 12.8 Å². The minimum Gasteiger partial charge on any atom is -0.481 e. The van der Waals surface area contributed by atoms with E-state index in [0.717, 1.165) is 11.4 Å². The van der Waals surface area contributed by atoms with Crippen LogP contribution in [0, 0.1) is 0 Å². The van der Waals surface area contributed by atoms with E-state index in [2.05, 4.69) is 10.3 Å². The van der Waals surface area contributed by atoms with E-state index in [1.165, 1.54) is 0 Å². The van der Waals surface area contributed by atoms with Crippen molar-refractivity contribution in [3.05, 3.63) is 48.3 Å². The molecule has 2 aliphatic heterocycles. The monoisotopic (exact) mass is 352 g/mol. The van der Waals surface area contributed by atoms with Gasteiger partial charge in [0.2, 0.25) is 0 Å². The maximum absolute atomic E-state index is 12.4. The van der Waals surface area contributed by atoms with Crippen LogP contribution in [0.1, 0.15) is 18.5 Å². The van der Waals surface area contributed by atoms with Gasteiger partial charge in [0.25, 0.3) is 5.91 Å². The average molecular weight is 352 g/mol. The smallest absolute Gasteiger partial charge is 0.321 e. The van der Waals surface area contributed by atoms with Crippen LogP contribution in [-0.4, -0.2) is 48.1 Å². The van der Waals surface area contributed by atoms with Crippen LogP contribution in [0.4, 0.5) is 16.2 Å². The van der Waals surface area contributed by atoms with Crippen molar-refractivity contribution >= 4 is 23.3 Å². The third kappa shape index (κ3) is 2.96. The predicted octanol–water partition coefficient (Wildman–Crippen LogP) is 2.46. The minimum absolute atomic E-state index is 0.0239. The van der Waals surface area contributed by atoms with E-state index in [4.69, 9.17) is 4.74 Å². The van der Waals surface area contributed by atoms with E-state index in [9.17, 15) is 9.59 Å². The molecular weight excluding hydrogens is 332 g/mol. The topological polar surface area (TPSA) is 74.8 Å². The second-order valence-corrected chi connectivity index (χ2v) is 6.40. The van der Waals surface area contributed by atoms with E-state index < -0.39 is 0 Å². The number of likely N-dealkylation sites (tertiary alicyclic amines) is 1. The fourth-order valence-corrected chi connectivity index (χ4v) is 3.28. The van der Waals surface area contributed by atoms with Gasteiger partial charge in [0.05, 0.1) is 5.69 Å². The molecule has 7 heteroatoms. The lowest BCUT2D eigenvalue weighted by atomic mass is 9.96. The summed E-state index contributed by atoms with van der Waals surface area (Å²) in [4.78, 5) is 32.0. The Balaban J connectivity index is 1.39. The molecule has 3 heterocycles. The van der Waals surface area contributed by atoms with Gasteiger partial charge in [-0.25, -0.2) is 4.79 Å². The Bertz CT molecular complexity index is 834. The summed E-state index contributed by atoms with van der Waals surface area (Å²) in [5, 5.41) is 2.89. The number of urea groups is 1. The molecule has 1 aromatic carbocycles. The van der Waals surface area contributed by atoms with Gasteiger partial charge in [0, 0.05) is 49.2 Å². The second-order valence-electron chi connectivity index (χ2n) is 6.40. The van der Waals surface area contributed by atoms with Crippen LogP contribution in [-0.2, 0) is 4.79 Å². The fraction of sp³-hybridized carbons (Fsp3) is 0.316. The lowest BCUT2D eigenvalue weighted by molar-refractivity contribution is -0.121. The highest BCUT2D eigenvalue weighted by molar-refractivity contribution is 5.98. The van der Waals surface area contributed by atoms with Crippen molar-refractivity contribution in [1.29, 1.82) is 0 Å². The first kappa shape index (κ1) is 16.4. The molecule has 3 amide bonds. The van der Waals surface area contributed by atoms with Crippen LogP contribution >= 0.6 is 0 Å². The Kier molecular flexibility index (Phi) is 4.20. The number of hydrogen-bond donors (Lipinski definition) is 1. The quantitative estimate of drug-likeness (QED) is 0.921. The minimum atomic E-state index is -0.142. The number of nitrogens with zero attached hydrogens (tertiary/aromatic N) is 3. The number of nitrogens with one attached hydrogen (secondary N) is 1. The number of hydrogen-bond acceptors (Lipinski definition) is 4. The third-order valence-corrected chi connectivity index (χ3v) is 4.75. The number of pyridine rings is 1. The zero-order chi connectivity index (χ0) is 18.1. The van der Waals surface area contributed by atoms with Gasteiger partial charge in [-0.3, -0.25) is 9.78 Å². The van der Waals surface area contributed by atoms with Gasteiger partial charge < -0.3 is 19.9 Å². The molecule has 1 N–H and O–H groups in total. The molecule has 1 fully saturated rings. The lowest BCUT2D eigenvalue weighted by Crippen LogP contribution is -2.50. The molecule has 134 valence electrons. The normalized spacial score (nSPS) is 16.6. The van der Waals surface area contributed by atoms with E-state index in [1.807, 2.05) is 25.1 Å². The number of amides is 3. The van der Waals surface area contributed by atoms with Crippen LogP contribution in [0.15, 0.2) is 42.6 Å². The molecule has 0 radical (unpaired) electrons. The number of rotatable bonds is 3. The van der Waals surface area contributed by atoms with Crippen LogP contribution in [0.2, 0.25) is 0 Å². The summed E-state index contributed by atoms with van der Waals surface area (Å²) >= 11 is 0. The van der Waals surface area contributed by atoms with E-state index >= 15 is 0 Å². The number of carbonyl (C=O) groups excluding carboxylic acids is 2. The standard InChI is InChI=1S/C19H20N4O3/c1-2-23-16-7-6-14(9-17(16)26-12-18(23)24)21-19(25)22-10-13(11-22)15-5-3-4-8-20-15/h3-9,13H,2,10-12H2,1H3,(H,21,25). The van der Waals surface area contributed by atoms with Crippen molar-refractivity contribution in [3.8, 4) is 5.75 Å². The molecule has 7 nitrogen and oxygen atoms in total. The van der Waals surface area contributed by atoms with E-state index in [-0.39, 0.29) is 24.5 Å². The second kappa shape index (κ2) is 6.67. The molecule has 1 aromatic heterocycles. The largest absolute Gasteiger partial charge is 0.481 e. The summed E-state index contributed by atoms with van der Waals surface area (Å²) < 4.78 is 5.50. The van der Waals surface area contributed by atoms with Crippen molar-refractivity contribution in [3.63, 3.8) is 0 Å².